The average molecular weight is 471 g/mol. The average Bonchev–Trinajstić information content (AvgIpc) is 2.80. The van der Waals surface area contributed by atoms with E-state index in [0.29, 0.717) is 54.8 Å². The first kappa shape index (κ1) is 25.1. The maximum atomic E-state index is 13.4. The smallest absolute Gasteiger partial charge is 0.257 e. The summed E-state index contributed by atoms with van der Waals surface area (Å²) in [5.41, 5.74) is 1.68. The van der Waals surface area contributed by atoms with Gasteiger partial charge in [0.1, 0.15) is 12.4 Å². The molecule has 2 amide bonds. The number of amides is 2. The van der Waals surface area contributed by atoms with Gasteiger partial charge in [0, 0.05) is 31.6 Å². The van der Waals surface area contributed by atoms with Crippen LogP contribution in [0.15, 0.2) is 48.5 Å². The van der Waals surface area contributed by atoms with Crippen LogP contribution in [0.25, 0.3) is 0 Å². The minimum Gasteiger partial charge on any atom is -0.491 e. The van der Waals surface area contributed by atoms with E-state index in [4.69, 9.17) is 16.3 Å². The van der Waals surface area contributed by atoms with Crippen molar-refractivity contribution in [1.29, 1.82) is 0 Å². The number of ether oxygens (including phenoxy) is 1. The van der Waals surface area contributed by atoms with Crippen LogP contribution < -0.4 is 4.74 Å². The quantitative estimate of drug-likeness (QED) is 0.583. The summed E-state index contributed by atoms with van der Waals surface area (Å²) in [6.07, 6.45) is 3.68. The molecule has 6 heteroatoms. The third kappa shape index (κ3) is 7.23. The fourth-order valence-corrected chi connectivity index (χ4v) is 4.41. The highest BCUT2D eigenvalue weighted by molar-refractivity contribution is 6.30. The monoisotopic (exact) mass is 470 g/mol. The number of hydrogen-bond donors (Lipinski definition) is 0. The van der Waals surface area contributed by atoms with Gasteiger partial charge in [-0.05, 0) is 61.4 Å². The van der Waals surface area contributed by atoms with Gasteiger partial charge in [0.25, 0.3) is 5.91 Å². The van der Waals surface area contributed by atoms with E-state index in [9.17, 15) is 9.59 Å². The number of nitrogens with zero attached hydrogens (tertiary/aromatic N) is 2. The SMILES string of the molecule is CC(C)C[C@H]1COc2ccccc2C(=O)N(C)CCCCN1C(=O)CCc1ccc(Cl)cc1. The highest BCUT2D eigenvalue weighted by Crippen LogP contribution is 2.23. The second kappa shape index (κ2) is 12.1. The number of rotatable bonds is 5. The van der Waals surface area contributed by atoms with Crippen LogP contribution in [-0.2, 0) is 11.2 Å². The maximum Gasteiger partial charge on any atom is 0.257 e. The zero-order valence-electron chi connectivity index (χ0n) is 19.9. The minimum absolute atomic E-state index is 0.0255. The lowest BCUT2D eigenvalue weighted by atomic mass is 10.0. The molecule has 0 bridgehead atoms. The Balaban J connectivity index is 1.80. The molecule has 0 saturated carbocycles. The molecule has 1 heterocycles. The van der Waals surface area contributed by atoms with Gasteiger partial charge in [-0.2, -0.15) is 0 Å². The van der Waals surface area contributed by atoms with Gasteiger partial charge in [0.15, 0.2) is 0 Å². The first-order valence-electron chi connectivity index (χ1n) is 11.9. The lowest BCUT2D eigenvalue weighted by Crippen LogP contribution is -2.45. The zero-order valence-corrected chi connectivity index (χ0v) is 20.7. The molecule has 2 aromatic carbocycles. The van der Waals surface area contributed by atoms with Crippen molar-refractivity contribution in [1.82, 2.24) is 9.80 Å². The Hall–Kier alpha value is -2.53. The van der Waals surface area contributed by atoms with Crippen LogP contribution in [0, 0.1) is 5.92 Å². The molecule has 33 heavy (non-hydrogen) atoms. The summed E-state index contributed by atoms with van der Waals surface area (Å²) in [6, 6.07) is 15.0. The van der Waals surface area contributed by atoms with Crippen molar-refractivity contribution in [3.63, 3.8) is 0 Å². The van der Waals surface area contributed by atoms with Crippen LogP contribution in [0.4, 0.5) is 0 Å². The third-order valence-electron chi connectivity index (χ3n) is 6.08. The zero-order chi connectivity index (χ0) is 23.8. The lowest BCUT2D eigenvalue weighted by Gasteiger charge is -2.34. The van der Waals surface area contributed by atoms with Crippen molar-refractivity contribution in [2.75, 3.05) is 26.7 Å². The van der Waals surface area contributed by atoms with Gasteiger partial charge >= 0.3 is 0 Å². The van der Waals surface area contributed by atoms with Crippen molar-refractivity contribution in [3.05, 3.63) is 64.7 Å². The molecule has 0 N–H and O–H groups in total. The number of fused-ring (bicyclic) bond motifs is 1. The molecular formula is C27H35ClN2O3. The molecule has 2 aromatic rings. The Labute approximate surface area is 202 Å². The second-order valence-corrected chi connectivity index (χ2v) is 9.67. The predicted molar refractivity (Wildman–Crippen MR) is 133 cm³/mol. The molecule has 0 aliphatic carbocycles. The van der Waals surface area contributed by atoms with Crippen molar-refractivity contribution >= 4 is 23.4 Å². The van der Waals surface area contributed by atoms with E-state index in [1.165, 1.54) is 0 Å². The molecule has 1 aliphatic rings. The van der Waals surface area contributed by atoms with Gasteiger partial charge in [-0.15, -0.1) is 0 Å². The predicted octanol–water partition coefficient (Wildman–Crippen LogP) is 5.46. The van der Waals surface area contributed by atoms with Gasteiger partial charge < -0.3 is 14.5 Å². The molecule has 1 atom stereocenters. The van der Waals surface area contributed by atoms with Gasteiger partial charge in [-0.3, -0.25) is 9.59 Å². The van der Waals surface area contributed by atoms with Crippen molar-refractivity contribution in [2.24, 2.45) is 5.92 Å². The maximum absolute atomic E-state index is 13.4. The van der Waals surface area contributed by atoms with Crippen molar-refractivity contribution in [3.8, 4) is 5.75 Å². The van der Waals surface area contributed by atoms with Gasteiger partial charge in [0.05, 0.1) is 11.6 Å². The van der Waals surface area contributed by atoms with Crippen molar-refractivity contribution in [2.45, 2.75) is 52.0 Å². The minimum atomic E-state index is -0.0389. The largest absolute Gasteiger partial charge is 0.491 e. The summed E-state index contributed by atoms with van der Waals surface area (Å²) in [5.74, 6) is 1.12. The summed E-state index contributed by atoms with van der Waals surface area (Å²) >= 11 is 5.99. The Bertz CT molecular complexity index is 929. The van der Waals surface area contributed by atoms with Crippen LogP contribution in [-0.4, -0.2) is 54.4 Å². The summed E-state index contributed by atoms with van der Waals surface area (Å²) in [5, 5.41) is 0.700. The third-order valence-corrected chi connectivity index (χ3v) is 6.34. The van der Waals surface area contributed by atoms with Crippen molar-refractivity contribution < 1.29 is 14.3 Å². The summed E-state index contributed by atoms with van der Waals surface area (Å²) in [6.45, 7) is 6.02. The summed E-state index contributed by atoms with van der Waals surface area (Å²) in [7, 11) is 1.82. The number of para-hydroxylation sites is 1. The standard InChI is InChI=1S/C27H35ClN2O3/c1-20(2)18-23-19-33-25-9-5-4-8-24(25)27(32)29(3)16-6-7-17-30(23)26(31)15-12-21-10-13-22(28)14-11-21/h4-5,8-11,13-14,20,23H,6-7,12,15-19H2,1-3H3/t23-/m0/s1. The molecule has 0 saturated heterocycles. The Morgan fingerprint density at radius 1 is 1.09 bits per heavy atom. The molecule has 3 rings (SSSR count). The van der Waals surface area contributed by atoms with E-state index in [2.05, 4.69) is 13.8 Å². The molecule has 5 nitrogen and oxygen atoms in total. The highest BCUT2D eigenvalue weighted by atomic mass is 35.5. The molecule has 1 aliphatic heterocycles. The van der Waals surface area contributed by atoms with Gasteiger partial charge in [0.2, 0.25) is 5.91 Å². The lowest BCUT2D eigenvalue weighted by molar-refractivity contribution is -0.134. The Morgan fingerprint density at radius 2 is 1.79 bits per heavy atom. The molecule has 0 unspecified atom stereocenters. The van der Waals surface area contributed by atoms with Gasteiger partial charge in [-0.25, -0.2) is 0 Å². The number of hydrogen-bond acceptors (Lipinski definition) is 3. The van der Waals surface area contributed by atoms with E-state index < -0.39 is 0 Å². The normalized spacial score (nSPS) is 17.7. The van der Waals surface area contributed by atoms with Crippen LogP contribution in [0.2, 0.25) is 5.02 Å². The van der Waals surface area contributed by atoms with Crippen LogP contribution in [0.3, 0.4) is 0 Å². The van der Waals surface area contributed by atoms with E-state index in [1.807, 2.05) is 60.5 Å². The topological polar surface area (TPSA) is 49.9 Å². The number of aryl methyl sites for hydroxylation is 1. The summed E-state index contributed by atoms with van der Waals surface area (Å²) < 4.78 is 6.19. The molecule has 0 spiro atoms. The second-order valence-electron chi connectivity index (χ2n) is 9.24. The first-order chi connectivity index (χ1) is 15.8. The van der Waals surface area contributed by atoms with Crippen LogP contribution >= 0.6 is 11.6 Å². The Morgan fingerprint density at radius 3 is 2.52 bits per heavy atom. The van der Waals surface area contributed by atoms with E-state index in [-0.39, 0.29) is 17.9 Å². The number of carbonyl (C=O) groups excluding carboxylic acids is 2. The molecule has 0 aromatic heterocycles. The number of halogens is 1. The molecule has 178 valence electrons. The molecule has 0 fully saturated rings. The first-order valence-corrected chi connectivity index (χ1v) is 12.2. The van der Waals surface area contributed by atoms with Crippen LogP contribution in [0.5, 0.6) is 5.75 Å². The Kier molecular flexibility index (Phi) is 9.19. The number of carbonyl (C=O) groups is 2. The van der Waals surface area contributed by atoms with E-state index in [1.54, 1.807) is 4.90 Å². The van der Waals surface area contributed by atoms with Gasteiger partial charge in [-0.1, -0.05) is 49.7 Å². The fourth-order valence-electron chi connectivity index (χ4n) is 4.28. The van der Waals surface area contributed by atoms with E-state index in [0.717, 1.165) is 24.8 Å². The van der Waals surface area contributed by atoms with E-state index >= 15 is 0 Å². The summed E-state index contributed by atoms with van der Waals surface area (Å²) in [4.78, 5) is 30.0. The fraction of sp³-hybridized carbons (Fsp3) is 0.481. The molecule has 0 radical (unpaired) electrons. The highest BCUT2D eigenvalue weighted by Gasteiger charge is 2.26. The van der Waals surface area contributed by atoms with Crippen LogP contribution in [0.1, 0.15) is 55.5 Å². The number of benzene rings is 2. The molecular weight excluding hydrogens is 436 g/mol.